The molecule has 0 N–H and O–H groups in total. The van der Waals surface area contributed by atoms with E-state index in [1.54, 1.807) is 0 Å². The van der Waals surface area contributed by atoms with Crippen LogP contribution in [-0.4, -0.2) is 30.7 Å². The largest absolute Gasteiger partial charge is 1.00 e. The maximum absolute atomic E-state index is 10.4. The Kier molecular flexibility index (Phi) is 5.98. The van der Waals surface area contributed by atoms with Crippen molar-refractivity contribution in [2.24, 2.45) is 5.92 Å². The average Bonchev–Trinajstić information content (AvgIpc) is 2.85. The third-order valence-electron chi connectivity index (χ3n) is 7.25. The first kappa shape index (κ1) is 20.4. The highest BCUT2D eigenvalue weighted by molar-refractivity contribution is 5.45. The van der Waals surface area contributed by atoms with Gasteiger partial charge in [0, 0.05) is 25.7 Å². The van der Waals surface area contributed by atoms with Gasteiger partial charge in [-0.1, -0.05) is 60.7 Å². The maximum atomic E-state index is 10.4. The van der Waals surface area contributed by atoms with Gasteiger partial charge in [0.2, 0.25) is 0 Å². The molecule has 2 nitrogen and oxygen atoms in total. The second kappa shape index (κ2) is 7.93. The quantitative estimate of drug-likeness (QED) is 0.493. The van der Waals surface area contributed by atoms with Gasteiger partial charge < -0.3 is 28.5 Å². The van der Waals surface area contributed by atoms with E-state index in [2.05, 4.69) is 68.7 Å². The fourth-order valence-corrected chi connectivity index (χ4v) is 5.62. The minimum atomic E-state index is -0.541. The lowest BCUT2D eigenvalue weighted by Crippen LogP contribution is -3.00. The molecule has 2 aromatic rings. The van der Waals surface area contributed by atoms with Crippen molar-refractivity contribution in [2.75, 3.05) is 14.1 Å². The first-order chi connectivity index (χ1) is 12.6. The molecule has 3 heteroatoms. The topological polar surface area (TPSA) is 23.8 Å². The number of fused-ring (bicyclic) bond motifs is 2. The monoisotopic (exact) mass is 472 g/mol. The summed E-state index contributed by atoms with van der Waals surface area (Å²) in [7, 11) is 4.81. The highest BCUT2D eigenvalue weighted by Gasteiger charge is 2.50. The van der Waals surface area contributed by atoms with Crippen LogP contribution in [0.4, 0.5) is 0 Å². The Morgan fingerprint density at radius 3 is 1.74 bits per heavy atom. The van der Waals surface area contributed by atoms with Crippen LogP contribution in [0, 0.1) is 17.2 Å². The number of nitriles is 1. The summed E-state index contributed by atoms with van der Waals surface area (Å²) in [5, 5.41) is 10.4. The van der Waals surface area contributed by atoms with E-state index in [-0.39, 0.29) is 24.0 Å². The normalized spacial score (nSPS) is 26.0. The van der Waals surface area contributed by atoms with E-state index in [1.807, 2.05) is 12.1 Å². The molecule has 27 heavy (non-hydrogen) atoms. The minimum Gasteiger partial charge on any atom is -1.00 e. The molecular formula is C24H29IN2. The summed E-state index contributed by atoms with van der Waals surface area (Å²) in [6, 6.07) is 25.2. The van der Waals surface area contributed by atoms with Crippen molar-refractivity contribution < 1.29 is 28.5 Å². The predicted molar refractivity (Wildman–Crippen MR) is 106 cm³/mol. The van der Waals surface area contributed by atoms with Crippen molar-refractivity contribution in [1.82, 2.24) is 0 Å². The summed E-state index contributed by atoms with van der Waals surface area (Å²) in [6.45, 7) is 0. The number of hydrogen-bond acceptors (Lipinski definition) is 1. The van der Waals surface area contributed by atoms with E-state index >= 15 is 0 Å². The highest BCUT2D eigenvalue weighted by Crippen LogP contribution is 2.47. The van der Waals surface area contributed by atoms with E-state index in [1.165, 1.54) is 30.2 Å². The summed E-state index contributed by atoms with van der Waals surface area (Å²) in [4.78, 5) is 0. The zero-order chi connectivity index (χ0) is 18.2. The highest BCUT2D eigenvalue weighted by atomic mass is 127. The molecule has 2 aliphatic rings. The van der Waals surface area contributed by atoms with Gasteiger partial charge in [0.05, 0.1) is 32.2 Å². The Bertz CT molecular complexity index is 739. The first-order valence-corrected chi connectivity index (χ1v) is 9.92. The number of quaternary nitrogens is 1. The van der Waals surface area contributed by atoms with Gasteiger partial charge in [-0.25, -0.2) is 0 Å². The molecule has 0 radical (unpaired) electrons. The molecule has 2 aromatic carbocycles. The lowest BCUT2D eigenvalue weighted by Gasteiger charge is -2.45. The van der Waals surface area contributed by atoms with Gasteiger partial charge >= 0.3 is 0 Å². The van der Waals surface area contributed by atoms with Crippen molar-refractivity contribution in [1.29, 1.82) is 5.26 Å². The number of hydrogen-bond donors (Lipinski definition) is 0. The van der Waals surface area contributed by atoms with E-state index in [4.69, 9.17) is 0 Å². The van der Waals surface area contributed by atoms with Gasteiger partial charge in [-0.15, -0.1) is 0 Å². The molecule has 2 fully saturated rings. The Morgan fingerprint density at radius 1 is 0.889 bits per heavy atom. The molecule has 0 aliphatic carbocycles. The van der Waals surface area contributed by atoms with Crippen LogP contribution in [0.1, 0.15) is 43.2 Å². The number of halogens is 1. The molecule has 0 aromatic heterocycles. The Labute approximate surface area is 180 Å². The molecule has 0 saturated carbocycles. The van der Waals surface area contributed by atoms with E-state index in [9.17, 15) is 5.26 Å². The molecule has 2 aliphatic heterocycles. The number of rotatable bonds is 4. The van der Waals surface area contributed by atoms with Crippen molar-refractivity contribution in [2.45, 2.75) is 49.6 Å². The summed E-state index contributed by atoms with van der Waals surface area (Å²) >= 11 is 0. The van der Waals surface area contributed by atoms with Crippen LogP contribution >= 0.6 is 0 Å². The molecule has 2 saturated heterocycles. The zero-order valence-electron chi connectivity index (χ0n) is 16.3. The lowest BCUT2D eigenvalue weighted by molar-refractivity contribution is -0.931. The fourth-order valence-electron chi connectivity index (χ4n) is 5.62. The third-order valence-corrected chi connectivity index (χ3v) is 7.25. The van der Waals surface area contributed by atoms with E-state index < -0.39 is 5.41 Å². The summed E-state index contributed by atoms with van der Waals surface area (Å²) in [5.74, 6) is 0.624. The lowest BCUT2D eigenvalue weighted by atomic mass is 9.67. The summed E-state index contributed by atoms with van der Waals surface area (Å²) in [6.07, 6.45) is 6.15. The molecular weight excluding hydrogens is 443 g/mol. The molecule has 0 unspecified atom stereocenters. The number of piperidine rings is 1. The molecule has 3 atom stereocenters. The van der Waals surface area contributed by atoms with Crippen molar-refractivity contribution in [3.05, 3.63) is 71.8 Å². The van der Waals surface area contributed by atoms with Gasteiger partial charge in [-0.3, -0.25) is 0 Å². The number of nitrogens with zero attached hydrogens (tertiary/aromatic N) is 2. The molecule has 2 bridgehead atoms. The maximum Gasteiger partial charge on any atom is 0.107 e. The van der Waals surface area contributed by atoms with Gasteiger partial charge in [0.25, 0.3) is 0 Å². The first-order valence-electron chi connectivity index (χ1n) is 9.92. The van der Waals surface area contributed by atoms with E-state index in [0.29, 0.717) is 5.92 Å². The van der Waals surface area contributed by atoms with Crippen molar-refractivity contribution in [3.8, 4) is 6.07 Å². The fraction of sp³-hybridized carbons (Fsp3) is 0.458. The molecule has 142 valence electrons. The van der Waals surface area contributed by atoms with E-state index in [0.717, 1.165) is 29.6 Å². The molecule has 2 heterocycles. The SMILES string of the molecule is C[N+]1(C)[C@@H]2CC[C@H]1C[C@@H](CC(C#N)(c1ccccc1)c1ccccc1)C2.[I-]. The molecule has 0 amide bonds. The zero-order valence-corrected chi connectivity index (χ0v) is 18.5. The molecule has 0 spiro atoms. The Balaban J connectivity index is 0.00000210. The van der Waals surface area contributed by atoms with Crippen molar-refractivity contribution in [3.63, 3.8) is 0 Å². The van der Waals surface area contributed by atoms with Crippen LogP contribution < -0.4 is 24.0 Å². The van der Waals surface area contributed by atoms with Crippen molar-refractivity contribution >= 4 is 0 Å². The predicted octanol–water partition coefficient (Wildman–Crippen LogP) is 1.91. The second-order valence-corrected chi connectivity index (χ2v) is 8.80. The van der Waals surface area contributed by atoms with Gasteiger partial charge in [-0.05, 0) is 23.5 Å². The van der Waals surface area contributed by atoms with Crippen LogP contribution in [-0.2, 0) is 5.41 Å². The van der Waals surface area contributed by atoms with Crippen LogP contribution in [0.3, 0.4) is 0 Å². The number of benzene rings is 2. The third kappa shape index (κ3) is 3.54. The Hall–Kier alpha value is -1.38. The standard InChI is InChI=1S/C24H29N2.HI/c1-26(2)22-13-14-23(26)16-19(15-22)17-24(18-25,20-9-5-3-6-10-20)21-11-7-4-8-12-21;/h3-12,19,22-23H,13-17H2,1-2H3;1H/q+1;/p-1/t19-,22+,23-;. The average molecular weight is 472 g/mol. The van der Waals surface area contributed by atoms with Gasteiger partial charge in [0.15, 0.2) is 0 Å². The van der Waals surface area contributed by atoms with Crippen LogP contribution in [0.15, 0.2) is 60.7 Å². The van der Waals surface area contributed by atoms with Gasteiger partial charge in [-0.2, -0.15) is 5.26 Å². The van der Waals surface area contributed by atoms with Crippen LogP contribution in [0.2, 0.25) is 0 Å². The van der Waals surface area contributed by atoms with Crippen LogP contribution in [0.25, 0.3) is 0 Å². The minimum absolute atomic E-state index is 0. The van der Waals surface area contributed by atoms with Gasteiger partial charge in [0.1, 0.15) is 5.41 Å². The van der Waals surface area contributed by atoms with Crippen LogP contribution in [0.5, 0.6) is 0 Å². The summed E-state index contributed by atoms with van der Waals surface area (Å²) in [5.41, 5.74) is 1.74. The Morgan fingerprint density at radius 2 is 1.33 bits per heavy atom. The second-order valence-electron chi connectivity index (χ2n) is 8.80. The molecule has 4 rings (SSSR count). The smallest absolute Gasteiger partial charge is 0.107 e. The summed E-state index contributed by atoms with van der Waals surface area (Å²) < 4.78 is 1.19.